The molecular formula is C18H17ClN4O. The highest BCUT2D eigenvalue weighted by Crippen LogP contribution is 2.19. The number of aromatic nitrogens is 2. The standard InChI is InChI=1S/C18H17ClN4O/c19-14-7-5-13(6-8-14)17(24)22-9-11-23(12-10-22)18-20-15-3-1-2-4-16(15)21-18/h1-8H,9-12H2,(H,20,21). The number of amides is 1. The van der Waals surface area contributed by atoms with Gasteiger partial charge in [-0.3, -0.25) is 4.79 Å². The Morgan fingerprint density at radius 2 is 1.71 bits per heavy atom. The minimum Gasteiger partial charge on any atom is -0.339 e. The largest absolute Gasteiger partial charge is 0.339 e. The Morgan fingerprint density at radius 3 is 2.42 bits per heavy atom. The van der Waals surface area contributed by atoms with Crippen LogP contribution < -0.4 is 4.90 Å². The number of carbonyl (C=O) groups is 1. The molecule has 0 unspecified atom stereocenters. The van der Waals surface area contributed by atoms with Crippen molar-refractivity contribution in [3.63, 3.8) is 0 Å². The number of piperazine rings is 1. The van der Waals surface area contributed by atoms with E-state index < -0.39 is 0 Å². The molecule has 1 N–H and O–H groups in total. The van der Waals surface area contributed by atoms with Gasteiger partial charge in [0.1, 0.15) is 0 Å². The van der Waals surface area contributed by atoms with E-state index in [0.717, 1.165) is 30.1 Å². The third kappa shape index (κ3) is 2.83. The number of imidazole rings is 1. The Bertz CT molecular complexity index is 833. The van der Waals surface area contributed by atoms with Crippen LogP contribution in [0.3, 0.4) is 0 Å². The highest BCUT2D eigenvalue weighted by atomic mass is 35.5. The lowest BCUT2D eigenvalue weighted by molar-refractivity contribution is 0.0746. The van der Waals surface area contributed by atoms with Gasteiger partial charge in [0.25, 0.3) is 5.91 Å². The summed E-state index contributed by atoms with van der Waals surface area (Å²) >= 11 is 5.88. The number of benzene rings is 2. The third-order valence-corrected chi connectivity index (χ3v) is 4.59. The molecule has 0 aliphatic carbocycles. The number of aromatic amines is 1. The summed E-state index contributed by atoms with van der Waals surface area (Å²) in [5.74, 6) is 0.922. The fourth-order valence-electron chi connectivity index (χ4n) is 2.99. The first-order chi connectivity index (χ1) is 11.7. The molecule has 0 radical (unpaired) electrons. The Kier molecular flexibility index (Phi) is 3.86. The number of halogens is 1. The number of nitrogens with one attached hydrogen (secondary N) is 1. The molecule has 122 valence electrons. The molecule has 0 spiro atoms. The number of hydrogen-bond acceptors (Lipinski definition) is 3. The smallest absolute Gasteiger partial charge is 0.253 e. The fraction of sp³-hybridized carbons (Fsp3) is 0.222. The molecule has 3 aromatic rings. The zero-order chi connectivity index (χ0) is 16.5. The predicted molar refractivity (Wildman–Crippen MR) is 95.7 cm³/mol. The van der Waals surface area contributed by atoms with Gasteiger partial charge in [-0.05, 0) is 36.4 Å². The fourth-order valence-corrected chi connectivity index (χ4v) is 3.11. The molecule has 0 bridgehead atoms. The van der Waals surface area contributed by atoms with E-state index in [4.69, 9.17) is 11.6 Å². The second kappa shape index (κ2) is 6.17. The van der Waals surface area contributed by atoms with Gasteiger partial charge in [-0.15, -0.1) is 0 Å². The average Bonchev–Trinajstić information content (AvgIpc) is 3.06. The molecule has 0 atom stereocenters. The number of fused-ring (bicyclic) bond motifs is 1. The number of rotatable bonds is 2. The highest BCUT2D eigenvalue weighted by molar-refractivity contribution is 6.30. The molecule has 4 rings (SSSR count). The second-order valence-electron chi connectivity index (χ2n) is 5.86. The summed E-state index contributed by atoms with van der Waals surface area (Å²) < 4.78 is 0. The van der Waals surface area contributed by atoms with Gasteiger partial charge in [-0.1, -0.05) is 23.7 Å². The lowest BCUT2D eigenvalue weighted by Crippen LogP contribution is -2.49. The highest BCUT2D eigenvalue weighted by Gasteiger charge is 2.23. The third-order valence-electron chi connectivity index (χ3n) is 4.33. The lowest BCUT2D eigenvalue weighted by atomic mass is 10.2. The van der Waals surface area contributed by atoms with Gasteiger partial charge in [0.15, 0.2) is 0 Å². The average molecular weight is 341 g/mol. The summed E-state index contributed by atoms with van der Waals surface area (Å²) in [4.78, 5) is 24.6. The molecule has 1 aliphatic heterocycles. The Morgan fingerprint density at radius 1 is 1.00 bits per heavy atom. The van der Waals surface area contributed by atoms with Gasteiger partial charge in [-0.25, -0.2) is 4.98 Å². The summed E-state index contributed by atoms with van der Waals surface area (Å²) in [6.45, 7) is 2.88. The van der Waals surface area contributed by atoms with Gasteiger partial charge in [0, 0.05) is 36.8 Å². The summed E-state index contributed by atoms with van der Waals surface area (Å²) in [6, 6.07) is 15.0. The first-order valence-corrected chi connectivity index (χ1v) is 8.33. The summed E-state index contributed by atoms with van der Waals surface area (Å²) in [5.41, 5.74) is 2.68. The molecule has 1 aliphatic rings. The van der Waals surface area contributed by atoms with Crippen LogP contribution in [-0.4, -0.2) is 47.0 Å². The van der Waals surface area contributed by atoms with Crippen molar-refractivity contribution >= 4 is 34.5 Å². The molecule has 1 saturated heterocycles. The minimum absolute atomic E-state index is 0.0518. The van der Waals surface area contributed by atoms with Crippen LogP contribution in [-0.2, 0) is 0 Å². The number of nitrogens with zero attached hydrogens (tertiary/aromatic N) is 3. The van der Waals surface area contributed by atoms with E-state index in [-0.39, 0.29) is 5.91 Å². The zero-order valence-corrected chi connectivity index (χ0v) is 13.8. The van der Waals surface area contributed by atoms with Crippen LogP contribution in [0.15, 0.2) is 48.5 Å². The Hall–Kier alpha value is -2.53. The van der Waals surface area contributed by atoms with Crippen molar-refractivity contribution in [2.45, 2.75) is 0 Å². The van der Waals surface area contributed by atoms with Gasteiger partial charge in [0.05, 0.1) is 11.0 Å². The zero-order valence-electron chi connectivity index (χ0n) is 13.1. The Balaban J connectivity index is 1.44. The molecule has 2 heterocycles. The van der Waals surface area contributed by atoms with Gasteiger partial charge < -0.3 is 14.8 Å². The van der Waals surface area contributed by atoms with Crippen LogP contribution >= 0.6 is 11.6 Å². The monoisotopic (exact) mass is 340 g/mol. The molecule has 1 amide bonds. The summed E-state index contributed by atoms with van der Waals surface area (Å²) in [5, 5.41) is 0.640. The summed E-state index contributed by atoms with van der Waals surface area (Å²) in [7, 11) is 0. The lowest BCUT2D eigenvalue weighted by Gasteiger charge is -2.34. The molecule has 1 fully saturated rings. The van der Waals surface area contributed by atoms with Crippen LogP contribution in [0.4, 0.5) is 5.95 Å². The number of hydrogen-bond donors (Lipinski definition) is 1. The molecule has 5 nitrogen and oxygen atoms in total. The maximum atomic E-state index is 12.5. The van der Waals surface area contributed by atoms with E-state index in [0.29, 0.717) is 23.7 Å². The van der Waals surface area contributed by atoms with E-state index in [2.05, 4.69) is 14.9 Å². The minimum atomic E-state index is 0.0518. The van der Waals surface area contributed by atoms with Crippen molar-refractivity contribution in [2.24, 2.45) is 0 Å². The molecule has 24 heavy (non-hydrogen) atoms. The topological polar surface area (TPSA) is 52.2 Å². The van der Waals surface area contributed by atoms with Crippen molar-refractivity contribution in [3.05, 3.63) is 59.1 Å². The van der Waals surface area contributed by atoms with E-state index >= 15 is 0 Å². The van der Waals surface area contributed by atoms with Crippen LogP contribution in [0.25, 0.3) is 11.0 Å². The van der Waals surface area contributed by atoms with E-state index in [1.807, 2.05) is 29.2 Å². The van der Waals surface area contributed by atoms with Crippen LogP contribution in [0, 0.1) is 0 Å². The number of H-pyrrole nitrogens is 1. The maximum Gasteiger partial charge on any atom is 0.253 e. The molecule has 2 aromatic carbocycles. The van der Waals surface area contributed by atoms with E-state index in [9.17, 15) is 4.79 Å². The summed E-state index contributed by atoms with van der Waals surface area (Å²) in [6.07, 6.45) is 0. The van der Waals surface area contributed by atoms with Gasteiger partial charge in [-0.2, -0.15) is 0 Å². The molecule has 1 aromatic heterocycles. The van der Waals surface area contributed by atoms with E-state index in [1.165, 1.54) is 0 Å². The van der Waals surface area contributed by atoms with Crippen molar-refractivity contribution in [1.29, 1.82) is 0 Å². The van der Waals surface area contributed by atoms with Crippen LogP contribution in [0.1, 0.15) is 10.4 Å². The molecule has 6 heteroatoms. The van der Waals surface area contributed by atoms with Crippen molar-refractivity contribution < 1.29 is 4.79 Å². The first-order valence-electron chi connectivity index (χ1n) is 7.95. The number of anilines is 1. The van der Waals surface area contributed by atoms with Crippen LogP contribution in [0.5, 0.6) is 0 Å². The van der Waals surface area contributed by atoms with Crippen LogP contribution in [0.2, 0.25) is 5.02 Å². The number of para-hydroxylation sites is 2. The SMILES string of the molecule is O=C(c1ccc(Cl)cc1)N1CCN(c2nc3ccccc3[nH]2)CC1. The maximum absolute atomic E-state index is 12.5. The number of carbonyl (C=O) groups excluding carboxylic acids is 1. The van der Waals surface area contributed by atoms with Gasteiger partial charge >= 0.3 is 0 Å². The first kappa shape index (κ1) is 15.0. The second-order valence-corrected chi connectivity index (χ2v) is 6.30. The van der Waals surface area contributed by atoms with Crippen molar-refractivity contribution in [3.8, 4) is 0 Å². The normalized spacial score (nSPS) is 15.0. The molecular weight excluding hydrogens is 324 g/mol. The van der Waals surface area contributed by atoms with Gasteiger partial charge in [0.2, 0.25) is 5.95 Å². The van der Waals surface area contributed by atoms with Crippen molar-refractivity contribution in [2.75, 3.05) is 31.1 Å². The van der Waals surface area contributed by atoms with Crippen molar-refractivity contribution in [1.82, 2.24) is 14.9 Å². The van der Waals surface area contributed by atoms with E-state index in [1.54, 1.807) is 24.3 Å². The Labute approximate surface area is 144 Å². The molecule has 0 saturated carbocycles. The predicted octanol–water partition coefficient (Wildman–Crippen LogP) is 3.18. The quantitative estimate of drug-likeness (QED) is 0.779.